The zero-order valence-corrected chi connectivity index (χ0v) is 24.3. The number of carbonyl (C=O) groups excluding carboxylic acids is 1. The first-order valence-electron chi connectivity index (χ1n) is 12.0. The number of ether oxygens (including phenoxy) is 2. The lowest BCUT2D eigenvalue weighted by molar-refractivity contribution is -0.114. The van der Waals surface area contributed by atoms with Gasteiger partial charge in [-0.15, -0.1) is 0 Å². The third kappa shape index (κ3) is 7.09. The van der Waals surface area contributed by atoms with Gasteiger partial charge in [0.05, 0.1) is 29.7 Å². The molecule has 0 atom stereocenters. The van der Waals surface area contributed by atoms with Crippen molar-refractivity contribution in [3.05, 3.63) is 102 Å². The predicted molar refractivity (Wildman–Crippen MR) is 158 cm³/mol. The molecule has 0 radical (unpaired) electrons. The summed E-state index contributed by atoms with van der Waals surface area (Å²) in [5.41, 5.74) is 0.879. The van der Waals surface area contributed by atoms with Crippen LogP contribution in [-0.2, 0) is 24.8 Å². The quantitative estimate of drug-likeness (QED) is 0.243. The Morgan fingerprint density at radius 2 is 1.37 bits per heavy atom. The Kier molecular flexibility index (Phi) is 9.06. The van der Waals surface area contributed by atoms with Crippen LogP contribution >= 0.6 is 11.6 Å². The second-order valence-corrected chi connectivity index (χ2v) is 12.5. The van der Waals surface area contributed by atoms with Crippen LogP contribution in [0.3, 0.4) is 0 Å². The van der Waals surface area contributed by atoms with E-state index in [0.717, 1.165) is 4.31 Å². The number of nitrogens with one attached hydrogen (secondary N) is 2. The maximum atomic E-state index is 13.7. The predicted octanol–water partition coefficient (Wildman–Crippen LogP) is 4.99. The van der Waals surface area contributed by atoms with Crippen LogP contribution in [0.4, 0.5) is 17.1 Å². The standard InChI is InChI=1S/C28H26ClN3O7S2/c1-38-26-17-16-25(18-27(26)39-2)41(36,37)32(23-12-8-20(29)9-13-23)19-28(33)30-21-10-14-24(15-11-21)40(34,35)31-22-6-4-3-5-7-22/h3-18,31H,19H2,1-2H3,(H,30,33). The van der Waals surface area contributed by atoms with Gasteiger partial charge in [-0.3, -0.25) is 13.8 Å². The molecule has 10 nitrogen and oxygen atoms in total. The molecule has 0 saturated carbocycles. The van der Waals surface area contributed by atoms with Gasteiger partial charge in [0.2, 0.25) is 5.91 Å². The van der Waals surface area contributed by atoms with E-state index < -0.39 is 32.5 Å². The number of carbonyl (C=O) groups is 1. The molecule has 0 spiro atoms. The first-order chi connectivity index (χ1) is 19.5. The zero-order valence-electron chi connectivity index (χ0n) is 21.9. The highest BCUT2D eigenvalue weighted by atomic mass is 35.5. The number of benzene rings is 4. The average molecular weight is 616 g/mol. The van der Waals surface area contributed by atoms with Gasteiger partial charge in [0, 0.05) is 22.5 Å². The molecule has 1 amide bonds. The summed E-state index contributed by atoms with van der Waals surface area (Å²) < 4.78 is 66.7. The lowest BCUT2D eigenvalue weighted by Crippen LogP contribution is -2.38. The number of para-hydroxylation sites is 1. The summed E-state index contributed by atoms with van der Waals surface area (Å²) in [6.07, 6.45) is 0. The van der Waals surface area contributed by atoms with E-state index >= 15 is 0 Å². The van der Waals surface area contributed by atoms with E-state index in [4.69, 9.17) is 21.1 Å². The minimum atomic E-state index is -4.26. The van der Waals surface area contributed by atoms with Gasteiger partial charge in [-0.25, -0.2) is 16.8 Å². The highest BCUT2D eigenvalue weighted by molar-refractivity contribution is 7.93. The zero-order chi connectivity index (χ0) is 29.6. The molecule has 0 unspecified atom stereocenters. The second-order valence-electron chi connectivity index (χ2n) is 8.55. The molecule has 13 heteroatoms. The van der Waals surface area contributed by atoms with E-state index in [1.807, 2.05) is 0 Å². The third-order valence-corrected chi connectivity index (χ3v) is 9.24. The van der Waals surface area contributed by atoms with Crippen LogP contribution in [0.1, 0.15) is 0 Å². The Hall–Kier alpha value is -4.26. The fourth-order valence-corrected chi connectivity index (χ4v) is 6.42. The summed E-state index contributed by atoms with van der Waals surface area (Å²) in [4.78, 5) is 12.9. The van der Waals surface area contributed by atoms with Crippen LogP contribution in [0.25, 0.3) is 0 Å². The van der Waals surface area contributed by atoms with Gasteiger partial charge in [-0.05, 0) is 72.8 Å². The number of sulfonamides is 2. The first-order valence-corrected chi connectivity index (χ1v) is 15.3. The summed E-state index contributed by atoms with van der Waals surface area (Å²) >= 11 is 6.00. The van der Waals surface area contributed by atoms with Crippen molar-refractivity contribution >= 4 is 54.6 Å². The van der Waals surface area contributed by atoms with Crippen molar-refractivity contribution in [2.24, 2.45) is 0 Å². The normalized spacial score (nSPS) is 11.4. The Morgan fingerprint density at radius 3 is 1.98 bits per heavy atom. The summed E-state index contributed by atoms with van der Waals surface area (Å²) in [5.74, 6) is -0.125. The van der Waals surface area contributed by atoms with Crippen LogP contribution in [0, 0.1) is 0 Å². The van der Waals surface area contributed by atoms with E-state index in [1.165, 1.54) is 80.9 Å². The fraction of sp³-hybridized carbons (Fsp3) is 0.107. The van der Waals surface area contributed by atoms with Crippen molar-refractivity contribution in [1.29, 1.82) is 0 Å². The van der Waals surface area contributed by atoms with Gasteiger partial charge in [0.15, 0.2) is 11.5 Å². The number of amides is 1. The average Bonchev–Trinajstić information content (AvgIpc) is 2.96. The van der Waals surface area contributed by atoms with Crippen molar-refractivity contribution in [2.75, 3.05) is 35.1 Å². The van der Waals surface area contributed by atoms with Crippen LogP contribution in [0.5, 0.6) is 11.5 Å². The van der Waals surface area contributed by atoms with Gasteiger partial charge in [-0.2, -0.15) is 0 Å². The van der Waals surface area contributed by atoms with E-state index in [2.05, 4.69) is 10.0 Å². The van der Waals surface area contributed by atoms with Crippen molar-refractivity contribution in [3.63, 3.8) is 0 Å². The minimum absolute atomic E-state index is 0.0156. The number of hydrogen-bond donors (Lipinski definition) is 2. The van der Waals surface area contributed by atoms with E-state index in [9.17, 15) is 21.6 Å². The topological polar surface area (TPSA) is 131 Å². The Labute approximate surface area is 243 Å². The highest BCUT2D eigenvalue weighted by Crippen LogP contribution is 2.32. The van der Waals surface area contributed by atoms with Crippen LogP contribution in [0.2, 0.25) is 5.02 Å². The molecule has 0 aliphatic rings. The molecule has 0 saturated heterocycles. The summed E-state index contributed by atoms with van der Waals surface area (Å²) in [7, 11) is -5.31. The number of rotatable bonds is 11. The molecule has 0 bridgehead atoms. The van der Waals surface area contributed by atoms with Gasteiger partial charge in [0.25, 0.3) is 20.0 Å². The smallest absolute Gasteiger partial charge is 0.264 e. The summed E-state index contributed by atoms with van der Waals surface area (Å²) in [5, 5.41) is 3.00. The molecule has 0 aliphatic carbocycles. The van der Waals surface area contributed by atoms with Crippen molar-refractivity contribution < 1.29 is 31.1 Å². The van der Waals surface area contributed by atoms with Crippen molar-refractivity contribution in [1.82, 2.24) is 0 Å². The second kappa shape index (κ2) is 12.5. The van der Waals surface area contributed by atoms with Crippen molar-refractivity contribution in [3.8, 4) is 11.5 Å². The monoisotopic (exact) mass is 615 g/mol. The SMILES string of the molecule is COc1ccc(S(=O)(=O)N(CC(=O)Nc2ccc(S(=O)(=O)Nc3ccccc3)cc2)c2ccc(Cl)cc2)cc1OC. The maximum Gasteiger partial charge on any atom is 0.264 e. The molecule has 4 rings (SSSR count). The lowest BCUT2D eigenvalue weighted by Gasteiger charge is -2.24. The molecule has 4 aromatic carbocycles. The summed E-state index contributed by atoms with van der Waals surface area (Å²) in [6, 6.07) is 24.0. The largest absolute Gasteiger partial charge is 0.493 e. The van der Waals surface area contributed by atoms with Crippen LogP contribution in [-0.4, -0.2) is 43.5 Å². The van der Waals surface area contributed by atoms with Crippen molar-refractivity contribution in [2.45, 2.75) is 9.79 Å². The van der Waals surface area contributed by atoms with Gasteiger partial charge in [-0.1, -0.05) is 29.8 Å². The van der Waals surface area contributed by atoms with E-state index in [0.29, 0.717) is 16.5 Å². The molecule has 0 aromatic heterocycles. The number of anilines is 3. The summed E-state index contributed by atoms with van der Waals surface area (Å²) in [6.45, 7) is -0.589. The van der Waals surface area contributed by atoms with Gasteiger partial charge >= 0.3 is 0 Å². The molecule has 214 valence electrons. The van der Waals surface area contributed by atoms with Crippen LogP contribution < -0.4 is 23.8 Å². The Balaban J connectivity index is 1.56. The Bertz CT molecular complexity index is 1730. The molecule has 2 N–H and O–H groups in total. The number of methoxy groups -OCH3 is 2. The Morgan fingerprint density at radius 1 is 0.756 bits per heavy atom. The molecular weight excluding hydrogens is 590 g/mol. The van der Waals surface area contributed by atoms with Gasteiger partial charge < -0.3 is 14.8 Å². The molecule has 0 fully saturated rings. The molecule has 41 heavy (non-hydrogen) atoms. The minimum Gasteiger partial charge on any atom is -0.493 e. The molecular formula is C28H26ClN3O7S2. The number of nitrogens with zero attached hydrogens (tertiary/aromatic N) is 1. The maximum absolute atomic E-state index is 13.7. The van der Waals surface area contributed by atoms with Crippen LogP contribution in [0.15, 0.2) is 107 Å². The lowest BCUT2D eigenvalue weighted by atomic mass is 10.3. The first kappa shape index (κ1) is 29.7. The van der Waals surface area contributed by atoms with E-state index in [-0.39, 0.29) is 26.9 Å². The van der Waals surface area contributed by atoms with E-state index in [1.54, 1.807) is 30.3 Å². The molecule has 4 aromatic rings. The van der Waals surface area contributed by atoms with Gasteiger partial charge in [0.1, 0.15) is 6.54 Å². The molecule has 0 aliphatic heterocycles. The number of halogens is 1. The highest BCUT2D eigenvalue weighted by Gasteiger charge is 2.28. The molecule has 0 heterocycles. The number of hydrogen-bond acceptors (Lipinski definition) is 7. The fourth-order valence-electron chi connectivity index (χ4n) is 3.80. The third-order valence-electron chi connectivity index (χ3n) is 5.82.